The quantitative estimate of drug-likeness (QED) is 0.714. The zero-order valence-electron chi connectivity index (χ0n) is 15.8. The second-order valence-corrected chi connectivity index (χ2v) is 7.75. The first kappa shape index (κ1) is 16.5. The fourth-order valence-electron chi connectivity index (χ4n) is 4.18. The first-order chi connectivity index (χ1) is 13.1. The summed E-state index contributed by atoms with van der Waals surface area (Å²) in [7, 11) is 1.76. The van der Waals surface area contributed by atoms with Gasteiger partial charge in [0.05, 0.1) is 16.7 Å². The lowest BCUT2D eigenvalue weighted by Crippen LogP contribution is -2.35. The molecule has 2 fully saturated rings. The summed E-state index contributed by atoms with van der Waals surface area (Å²) in [5, 5.41) is 4.57. The van der Waals surface area contributed by atoms with E-state index in [1.165, 1.54) is 4.68 Å². The maximum absolute atomic E-state index is 12.4. The highest BCUT2D eigenvalue weighted by Crippen LogP contribution is 2.38. The van der Waals surface area contributed by atoms with Crippen molar-refractivity contribution >= 4 is 16.9 Å². The van der Waals surface area contributed by atoms with Crippen molar-refractivity contribution in [2.24, 2.45) is 7.05 Å². The number of rotatable bonds is 3. The summed E-state index contributed by atoms with van der Waals surface area (Å²) >= 11 is 0. The van der Waals surface area contributed by atoms with Gasteiger partial charge in [0, 0.05) is 32.1 Å². The van der Waals surface area contributed by atoms with Crippen molar-refractivity contribution < 1.29 is 0 Å². The third-order valence-electron chi connectivity index (χ3n) is 5.77. The van der Waals surface area contributed by atoms with E-state index < -0.39 is 0 Å². The molecule has 7 heteroatoms. The SMILES string of the molecule is Cc1nc2ccccc2nc1N1CCC(c2nn(C)c(=O)n2C2CC2)CC1. The van der Waals surface area contributed by atoms with Crippen molar-refractivity contribution in [1.82, 2.24) is 24.3 Å². The summed E-state index contributed by atoms with van der Waals surface area (Å²) in [5.41, 5.74) is 2.88. The molecule has 7 nitrogen and oxygen atoms in total. The molecule has 2 aromatic heterocycles. The van der Waals surface area contributed by atoms with Crippen molar-refractivity contribution in [1.29, 1.82) is 0 Å². The van der Waals surface area contributed by atoms with E-state index in [0.717, 1.165) is 67.1 Å². The molecule has 1 aliphatic carbocycles. The number of aromatic nitrogens is 5. The van der Waals surface area contributed by atoms with Crippen LogP contribution >= 0.6 is 0 Å². The van der Waals surface area contributed by atoms with Crippen molar-refractivity contribution in [3.05, 3.63) is 46.3 Å². The summed E-state index contributed by atoms with van der Waals surface area (Å²) in [6, 6.07) is 8.38. The Labute approximate surface area is 157 Å². The van der Waals surface area contributed by atoms with Crippen molar-refractivity contribution in [3.8, 4) is 0 Å². The predicted molar refractivity (Wildman–Crippen MR) is 104 cm³/mol. The number of aryl methyl sites for hydroxylation is 2. The first-order valence-electron chi connectivity index (χ1n) is 9.75. The molecule has 1 aliphatic heterocycles. The Balaban J connectivity index is 1.39. The average molecular weight is 364 g/mol. The highest BCUT2D eigenvalue weighted by Gasteiger charge is 2.34. The van der Waals surface area contributed by atoms with Crippen LogP contribution in [0.3, 0.4) is 0 Å². The van der Waals surface area contributed by atoms with Gasteiger partial charge >= 0.3 is 5.69 Å². The van der Waals surface area contributed by atoms with Crippen molar-refractivity contribution in [2.75, 3.05) is 18.0 Å². The van der Waals surface area contributed by atoms with Gasteiger partial charge in [0.25, 0.3) is 0 Å². The van der Waals surface area contributed by atoms with Crippen LogP contribution in [0.15, 0.2) is 29.1 Å². The van der Waals surface area contributed by atoms with Gasteiger partial charge < -0.3 is 4.90 Å². The van der Waals surface area contributed by atoms with Crippen LogP contribution in [0.1, 0.15) is 49.2 Å². The predicted octanol–water partition coefficient (Wildman–Crippen LogP) is 2.55. The van der Waals surface area contributed by atoms with Gasteiger partial charge in [-0.2, -0.15) is 5.10 Å². The lowest BCUT2D eigenvalue weighted by molar-refractivity contribution is 0.460. The molecule has 1 saturated heterocycles. The van der Waals surface area contributed by atoms with E-state index in [2.05, 4.69) is 10.00 Å². The van der Waals surface area contributed by atoms with Gasteiger partial charge in [0.1, 0.15) is 5.82 Å². The fourth-order valence-corrected chi connectivity index (χ4v) is 4.18. The number of benzene rings is 1. The van der Waals surface area contributed by atoms with Gasteiger partial charge in [-0.3, -0.25) is 4.57 Å². The highest BCUT2D eigenvalue weighted by atomic mass is 16.2. The van der Waals surface area contributed by atoms with Gasteiger partial charge in [0.2, 0.25) is 0 Å². The summed E-state index contributed by atoms with van der Waals surface area (Å²) in [5.74, 6) is 2.29. The van der Waals surface area contributed by atoms with Gasteiger partial charge in [-0.1, -0.05) is 12.1 Å². The minimum atomic E-state index is 0.0335. The fraction of sp³-hybridized carbons (Fsp3) is 0.500. The monoisotopic (exact) mass is 364 g/mol. The standard InChI is InChI=1S/C20H24N6O/c1-13-18(22-17-6-4-3-5-16(17)21-13)25-11-9-14(10-12-25)19-23-24(2)20(27)26(19)15-7-8-15/h3-6,14-15H,7-12H2,1-2H3. The smallest absolute Gasteiger partial charge is 0.345 e. The van der Waals surface area contributed by atoms with E-state index in [4.69, 9.17) is 9.97 Å². The number of hydrogen-bond donors (Lipinski definition) is 0. The van der Waals surface area contributed by atoms with Crippen molar-refractivity contribution in [3.63, 3.8) is 0 Å². The molecule has 1 saturated carbocycles. The Bertz CT molecular complexity index is 1060. The van der Waals surface area contributed by atoms with Crippen molar-refractivity contribution in [2.45, 2.75) is 44.6 Å². The summed E-state index contributed by atoms with van der Waals surface area (Å²) in [6.07, 6.45) is 4.17. The largest absolute Gasteiger partial charge is 0.355 e. The Hall–Kier alpha value is -2.70. The topological polar surface area (TPSA) is 68.8 Å². The average Bonchev–Trinajstić information content (AvgIpc) is 3.47. The lowest BCUT2D eigenvalue weighted by atomic mass is 9.95. The zero-order valence-corrected chi connectivity index (χ0v) is 15.8. The Morgan fingerprint density at radius 1 is 1.00 bits per heavy atom. The van der Waals surface area contributed by atoms with Gasteiger partial charge in [-0.15, -0.1) is 0 Å². The molecule has 3 aromatic rings. The normalized spacial score (nSPS) is 18.4. The molecule has 0 atom stereocenters. The van der Waals surface area contributed by atoms with E-state index in [9.17, 15) is 4.79 Å². The number of fused-ring (bicyclic) bond motifs is 1. The molecule has 27 heavy (non-hydrogen) atoms. The molecule has 0 radical (unpaired) electrons. The molecule has 0 bridgehead atoms. The third kappa shape index (κ3) is 2.81. The van der Waals surface area contributed by atoms with Gasteiger partial charge in [-0.05, 0) is 44.7 Å². The maximum Gasteiger partial charge on any atom is 0.345 e. The molecule has 0 spiro atoms. The second-order valence-electron chi connectivity index (χ2n) is 7.75. The van der Waals surface area contributed by atoms with E-state index in [1.54, 1.807) is 7.05 Å². The summed E-state index contributed by atoms with van der Waals surface area (Å²) in [4.78, 5) is 24.3. The van der Waals surface area contributed by atoms with Crippen LogP contribution in [0.25, 0.3) is 11.0 Å². The number of hydrogen-bond acceptors (Lipinski definition) is 5. The minimum Gasteiger partial charge on any atom is -0.355 e. The highest BCUT2D eigenvalue weighted by molar-refractivity contribution is 5.76. The van der Waals surface area contributed by atoms with E-state index in [1.807, 2.05) is 35.8 Å². The maximum atomic E-state index is 12.4. The Kier molecular flexibility index (Phi) is 3.77. The number of anilines is 1. The zero-order chi connectivity index (χ0) is 18.5. The van der Waals surface area contributed by atoms with Crippen LogP contribution in [-0.4, -0.2) is 37.4 Å². The van der Waals surface area contributed by atoms with Crippen LogP contribution in [0.5, 0.6) is 0 Å². The third-order valence-corrected chi connectivity index (χ3v) is 5.77. The van der Waals surface area contributed by atoms with Gasteiger partial charge in [-0.25, -0.2) is 19.4 Å². The van der Waals surface area contributed by atoms with Crippen LogP contribution in [0.2, 0.25) is 0 Å². The molecule has 5 rings (SSSR count). The van der Waals surface area contributed by atoms with E-state index in [-0.39, 0.29) is 5.69 Å². The Morgan fingerprint density at radius 2 is 1.67 bits per heavy atom. The molecular weight excluding hydrogens is 340 g/mol. The second kappa shape index (κ2) is 6.18. The molecule has 0 amide bonds. The molecule has 0 N–H and O–H groups in total. The molecule has 3 heterocycles. The first-order valence-corrected chi connectivity index (χ1v) is 9.75. The summed E-state index contributed by atoms with van der Waals surface area (Å²) < 4.78 is 3.44. The van der Waals surface area contributed by atoms with Crippen LogP contribution in [-0.2, 0) is 7.05 Å². The number of para-hydroxylation sites is 2. The van der Waals surface area contributed by atoms with E-state index in [0.29, 0.717) is 12.0 Å². The lowest BCUT2D eigenvalue weighted by Gasteiger charge is -2.33. The summed E-state index contributed by atoms with van der Waals surface area (Å²) in [6.45, 7) is 3.85. The Morgan fingerprint density at radius 3 is 2.33 bits per heavy atom. The number of nitrogens with zero attached hydrogens (tertiary/aromatic N) is 6. The molecular formula is C20H24N6O. The number of piperidine rings is 1. The molecule has 0 unspecified atom stereocenters. The van der Waals surface area contributed by atoms with Gasteiger partial charge in [0.15, 0.2) is 5.82 Å². The molecule has 2 aliphatic rings. The molecule has 140 valence electrons. The van der Waals surface area contributed by atoms with Crippen LogP contribution in [0.4, 0.5) is 5.82 Å². The molecule has 1 aromatic carbocycles. The minimum absolute atomic E-state index is 0.0335. The van der Waals surface area contributed by atoms with Crippen LogP contribution < -0.4 is 10.6 Å². The van der Waals surface area contributed by atoms with E-state index >= 15 is 0 Å². The van der Waals surface area contributed by atoms with Crippen LogP contribution in [0, 0.1) is 6.92 Å².